The van der Waals surface area contributed by atoms with Crippen LogP contribution >= 0.6 is 11.3 Å². The minimum absolute atomic E-state index is 0.0715. The zero-order valence-corrected chi connectivity index (χ0v) is 13.3. The lowest BCUT2D eigenvalue weighted by molar-refractivity contribution is -0.188. The number of nitrogens with zero attached hydrogens (tertiary/aromatic N) is 2. The van der Waals surface area contributed by atoms with Crippen LogP contribution in [0.2, 0.25) is 0 Å². The fourth-order valence-corrected chi connectivity index (χ4v) is 3.74. The molecule has 0 bridgehead atoms. The van der Waals surface area contributed by atoms with Crippen LogP contribution in [0, 0.1) is 11.8 Å². The highest BCUT2D eigenvalue weighted by Gasteiger charge is 2.47. The molecule has 0 amide bonds. The molecule has 4 nitrogen and oxygen atoms in total. The number of anilines is 1. The summed E-state index contributed by atoms with van der Waals surface area (Å²) in [5.74, 6) is -2.61. The smallest absolute Gasteiger partial charge is 0.394 e. The van der Waals surface area contributed by atoms with Gasteiger partial charge < -0.3 is 14.8 Å². The third kappa shape index (κ3) is 3.24. The molecule has 1 aliphatic heterocycles. The standard InChI is InChI=1S/C16H15F3N2O2S/c17-16(18,19)12-7-21(6-5-10(12)8-22)15-20-13(9-24-15)11-3-1-2-4-14(11)23/h1-4,8-10,12,23H,5-7H2. The van der Waals surface area contributed by atoms with E-state index in [0.29, 0.717) is 29.2 Å². The third-order valence-corrected chi connectivity index (χ3v) is 5.11. The molecule has 8 heteroatoms. The van der Waals surface area contributed by atoms with E-state index >= 15 is 0 Å². The fourth-order valence-electron chi connectivity index (χ4n) is 2.88. The van der Waals surface area contributed by atoms with Crippen molar-refractivity contribution in [2.45, 2.75) is 12.6 Å². The zero-order chi connectivity index (χ0) is 17.3. The Labute approximate surface area is 140 Å². The van der Waals surface area contributed by atoms with Gasteiger partial charge in [-0.1, -0.05) is 12.1 Å². The molecule has 1 N–H and O–H groups in total. The topological polar surface area (TPSA) is 53.4 Å². The molecule has 1 aromatic heterocycles. The van der Waals surface area contributed by atoms with E-state index in [1.54, 1.807) is 28.5 Å². The molecule has 1 aromatic carbocycles. The van der Waals surface area contributed by atoms with E-state index < -0.39 is 18.0 Å². The van der Waals surface area contributed by atoms with E-state index in [1.165, 1.54) is 17.4 Å². The van der Waals surface area contributed by atoms with Gasteiger partial charge in [-0.2, -0.15) is 13.2 Å². The van der Waals surface area contributed by atoms with Crippen molar-refractivity contribution in [3.8, 4) is 17.0 Å². The number of rotatable bonds is 3. The highest BCUT2D eigenvalue weighted by atomic mass is 32.1. The van der Waals surface area contributed by atoms with Crippen molar-refractivity contribution in [1.82, 2.24) is 4.98 Å². The molecule has 24 heavy (non-hydrogen) atoms. The van der Waals surface area contributed by atoms with E-state index in [2.05, 4.69) is 4.98 Å². The maximum Gasteiger partial charge on any atom is 0.394 e. The summed E-state index contributed by atoms with van der Waals surface area (Å²) in [6, 6.07) is 6.67. The van der Waals surface area contributed by atoms with Crippen molar-refractivity contribution >= 4 is 22.8 Å². The zero-order valence-electron chi connectivity index (χ0n) is 12.5. The van der Waals surface area contributed by atoms with Gasteiger partial charge in [-0.3, -0.25) is 0 Å². The summed E-state index contributed by atoms with van der Waals surface area (Å²) in [5, 5.41) is 12.0. The SMILES string of the molecule is O=CC1CCN(c2nc(-c3ccccc3O)cs2)CC1C(F)(F)F. The highest BCUT2D eigenvalue weighted by molar-refractivity contribution is 7.14. The van der Waals surface area contributed by atoms with Crippen LogP contribution < -0.4 is 4.90 Å². The van der Waals surface area contributed by atoms with Crippen molar-refractivity contribution in [3.63, 3.8) is 0 Å². The molecule has 2 heterocycles. The van der Waals surface area contributed by atoms with Gasteiger partial charge in [0.1, 0.15) is 12.0 Å². The van der Waals surface area contributed by atoms with Gasteiger partial charge in [0.2, 0.25) is 0 Å². The predicted octanol–water partition coefficient (Wildman–Crippen LogP) is 3.72. The first-order valence-electron chi connectivity index (χ1n) is 7.41. The number of aromatic hydroxyl groups is 1. The van der Waals surface area contributed by atoms with E-state index in [1.807, 2.05) is 0 Å². The quantitative estimate of drug-likeness (QED) is 0.852. The number of halogens is 3. The number of phenols is 1. The van der Waals surface area contributed by atoms with Crippen molar-refractivity contribution in [1.29, 1.82) is 0 Å². The number of benzene rings is 1. The van der Waals surface area contributed by atoms with Gasteiger partial charge in [-0.15, -0.1) is 11.3 Å². The largest absolute Gasteiger partial charge is 0.507 e. The summed E-state index contributed by atoms with van der Waals surface area (Å²) in [5.41, 5.74) is 1.06. The molecular weight excluding hydrogens is 341 g/mol. The van der Waals surface area contributed by atoms with Crippen LogP contribution in [0.25, 0.3) is 11.3 Å². The van der Waals surface area contributed by atoms with E-state index in [4.69, 9.17) is 0 Å². The Morgan fingerprint density at radius 1 is 1.33 bits per heavy atom. The number of carbonyl (C=O) groups excluding carboxylic acids is 1. The number of carbonyl (C=O) groups is 1. The molecule has 0 radical (unpaired) electrons. The molecule has 3 rings (SSSR count). The number of phenolic OH excluding ortho intramolecular Hbond substituents is 1. The maximum atomic E-state index is 13.2. The van der Waals surface area contributed by atoms with Crippen molar-refractivity contribution < 1.29 is 23.1 Å². The van der Waals surface area contributed by atoms with Gasteiger partial charge in [-0.05, 0) is 18.6 Å². The van der Waals surface area contributed by atoms with Crippen LogP contribution in [-0.4, -0.2) is 35.6 Å². The number of piperidine rings is 1. The number of hydrogen-bond donors (Lipinski definition) is 1. The van der Waals surface area contributed by atoms with Gasteiger partial charge in [-0.25, -0.2) is 4.98 Å². The summed E-state index contributed by atoms with van der Waals surface area (Å²) < 4.78 is 39.5. The predicted molar refractivity (Wildman–Crippen MR) is 85.1 cm³/mol. The van der Waals surface area contributed by atoms with Gasteiger partial charge in [0.25, 0.3) is 0 Å². The van der Waals surface area contributed by atoms with Crippen LogP contribution in [0.5, 0.6) is 5.75 Å². The second-order valence-electron chi connectivity index (χ2n) is 5.72. The molecule has 1 fully saturated rings. The summed E-state index contributed by atoms with van der Waals surface area (Å²) in [6.07, 6.45) is -3.86. The lowest BCUT2D eigenvalue weighted by atomic mass is 9.86. The molecule has 2 unspecified atom stereocenters. The van der Waals surface area contributed by atoms with Crippen LogP contribution in [0.3, 0.4) is 0 Å². The fraction of sp³-hybridized carbons (Fsp3) is 0.375. The summed E-state index contributed by atoms with van der Waals surface area (Å²) in [7, 11) is 0. The number of thiazole rings is 1. The second-order valence-corrected chi connectivity index (χ2v) is 6.55. The molecule has 128 valence electrons. The minimum atomic E-state index is -4.41. The molecular formula is C16H15F3N2O2S. The van der Waals surface area contributed by atoms with Crippen LogP contribution in [0.4, 0.5) is 18.3 Å². The number of aromatic nitrogens is 1. The second kappa shape index (κ2) is 6.43. The van der Waals surface area contributed by atoms with E-state index in [9.17, 15) is 23.1 Å². The first kappa shape index (κ1) is 16.8. The normalized spacial score (nSPS) is 21.7. The first-order valence-corrected chi connectivity index (χ1v) is 8.29. The van der Waals surface area contributed by atoms with Gasteiger partial charge in [0.15, 0.2) is 5.13 Å². The number of hydrogen-bond acceptors (Lipinski definition) is 5. The van der Waals surface area contributed by atoms with Crippen molar-refractivity contribution in [3.05, 3.63) is 29.6 Å². The summed E-state index contributed by atoms with van der Waals surface area (Å²) in [6.45, 7) is 0.0738. The van der Waals surface area contributed by atoms with Crippen LogP contribution in [0.15, 0.2) is 29.6 Å². The van der Waals surface area contributed by atoms with Crippen LogP contribution in [-0.2, 0) is 4.79 Å². The molecule has 0 saturated carbocycles. The number of aldehydes is 1. The lowest BCUT2D eigenvalue weighted by Gasteiger charge is -2.37. The molecule has 1 aliphatic rings. The Morgan fingerprint density at radius 2 is 2.08 bits per heavy atom. The van der Waals surface area contributed by atoms with Crippen molar-refractivity contribution in [2.24, 2.45) is 11.8 Å². The lowest BCUT2D eigenvalue weighted by Crippen LogP contribution is -2.47. The minimum Gasteiger partial charge on any atom is -0.507 e. The van der Waals surface area contributed by atoms with Crippen LogP contribution in [0.1, 0.15) is 6.42 Å². The van der Waals surface area contributed by atoms with Gasteiger partial charge in [0, 0.05) is 30.0 Å². The number of alkyl halides is 3. The Balaban J connectivity index is 1.83. The first-order chi connectivity index (χ1) is 11.4. The van der Waals surface area contributed by atoms with Crippen molar-refractivity contribution in [2.75, 3.05) is 18.0 Å². The molecule has 0 spiro atoms. The Morgan fingerprint density at radius 3 is 2.75 bits per heavy atom. The molecule has 2 atom stereocenters. The molecule has 2 aromatic rings. The Kier molecular flexibility index (Phi) is 4.49. The summed E-state index contributed by atoms with van der Waals surface area (Å²) in [4.78, 5) is 16.9. The Bertz CT molecular complexity index is 732. The van der Waals surface area contributed by atoms with E-state index in [-0.39, 0.29) is 18.7 Å². The third-order valence-electron chi connectivity index (χ3n) is 4.20. The molecule has 1 saturated heterocycles. The average molecular weight is 356 g/mol. The highest BCUT2D eigenvalue weighted by Crippen LogP contribution is 2.39. The van der Waals surface area contributed by atoms with Gasteiger partial charge >= 0.3 is 6.18 Å². The number of para-hydroxylation sites is 1. The maximum absolute atomic E-state index is 13.2. The molecule has 0 aliphatic carbocycles. The summed E-state index contributed by atoms with van der Waals surface area (Å²) >= 11 is 1.23. The Hall–Kier alpha value is -2.09. The van der Waals surface area contributed by atoms with Gasteiger partial charge in [0.05, 0.1) is 11.6 Å². The monoisotopic (exact) mass is 356 g/mol. The van der Waals surface area contributed by atoms with E-state index in [0.717, 1.165) is 0 Å². The average Bonchev–Trinajstić information content (AvgIpc) is 3.03.